The highest BCUT2D eigenvalue weighted by Gasteiger charge is 2.73. The van der Waals surface area contributed by atoms with Crippen LogP contribution in [0.3, 0.4) is 0 Å². The average molecular weight is 333 g/mol. The van der Waals surface area contributed by atoms with Crippen molar-refractivity contribution in [2.24, 2.45) is 22.7 Å². The van der Waals surface area contributed by atoms with Crippen molar-refractivity contribution in [2.45, 2.75) is 69.1 Å². The topological polar surface area (TPSA) is 60.7 Å². The minimum atomic E-state index is -1.15. The Morgan fingerprint density at radius 1 is 1.16 bits per heavy atom. The summed E-state index contributed by atoms with van der Waals surface area (Å²) in [6.45, 7) is 6.30. The molecule has 3 saturated carbocycles. The monoisotopic (exact) mass is 332 g/mol. The lowest BCUT2D eigenvalue weighted by molar-refractivity contribution is -0.266. The molecule has 0 aromatic heterocycles. The van der Waals surface area contributed by atoms with Crippen LogP contribution in [-0.4, -0.2) is 38.0 Å². The van der Waals surface area contributed by atoms with Crippen molar-refractivity contribution >= 4 is 15.9 Å². The fraction of sp³-hybridized carbons (Fsp3) is 1.00. The van der Waals surface area contributed by atoms with Gasteiger partial charge in [0.05, 0.1) is 17.8 Å². The van der Waals surface area contributed by atoms with Gasteiger partial charge in [-0.15, -0.1) is 0 Å². The predicted molar refractivity (Wildman–Crippen MR) is 77.0 cm³/mol. The van der Waals surface area contributed by atoms with E-state index in [0.29, 0.717) is 5.92 Å². The van der Waals surface area contributed by atoms with Crippen LogP contribution in [0.15, 0.2) is 0 Å². The van der Waals surface area contributed by atoms with Crippen LogP contribution in [-0.2, 0) is 0 Å². The van der Waals surface area contributed by atoms with Crippen molar-refractivity contribution in [2.75, 3.05) is 0 Å². The molecule has 0 saturated heterocycles. The van der Waals surface area contributed by atoms with Crippen LogP contribution in [0.5, 0.6) is 0 Å². The number of hydrogen-bond acceptors (Lipinski definition) is 3. The van der Waals surface area contributed by atoms with Gasteiger partial charge in [0, 0.05) is 16.7 Å². The van der Waals surface area contributed by atoms with E-state index < -0.39 is 17.8 Å². The van der Waals surface area contributed by atoms with Crippen molar-refractivity contribution in [3.05, 3.63) is 0 Å². The van der Waals surface area contributed by atoms with Crippen LogP contribution < -0.4 is 0 Å². The standard InChI is InChI=1S/C15H25BrO3/c1-8-9-4-5-14(6-9)13(2,3)11(16)10(17)7-15(14,19)12(8)18/h8-12,17-19H,4-7H2,1-3H3/t8-,9+,10+,11+,12+,14-,15+/m1/s1. The third-order valence-corrected chi connectivity index (χ3v) is 8.65. The zero-order valence-electron chi connectivity index (χ0n) is 11.9. The van der Waals surface area contributed by atoms with E-state index in [1.54, 1.807) is 0 Å². The lowest BCUT2D eigenvalue weighted by Gasteiger charge is -2.65. The van der Waals surface area contributed by atoms with Gasteiger partial charge in [0.2, 0.25) is 0 Å². The van der Waals surface area contributed by atoms with Gasteiger partial charge in [-0.05, 0) is 36.5 Å². The Morgan fingerprint density at radius 2 is 1.79 bits per heavy atom. The second-order valence-electron chi connectivity index (χ2n) is 7.71. The van der Waals surface area contributed by atoms with Crippen molar-refractivity contribution < 1.29 is 15.3 Å². The molecule has 0 aromatic carbocycles. The molecule has 3 fully saturated rings. The van der Waals surface area contributed by atoms with Gasteiger partial charge < -0.3 is 15.3 Å². The summed E-state index contributed by atoms with van der Waals surface area (Å²) in [5.41, 5.74) is -1.65. The number of hydrogen-bond donors (Lipinski definition) is 3. The van der Waals surface area contributed by atoms with Gasteiger partial charge in [-0.3, -0.25) is 0 Å². The maximum atomic E-state index is 11.3. The minimum Gasteiger partial charge on any atom is -0.392 e. The third-order valence-electron chi connectivity index (χ3n) is 6.89. The SMILES string of the molecule is C[C@@H]1[C@H]2CC[C@@]3(C2)C(C)(C)[C@@H](Br)[C@@H](O)C[C@]3(O)[C@H]1O. The van der Waals surface area contributed by atoms with Crippen LogP contribution in [0.25, 0.3) is 0 Å². The van der Waals surface area contributed by atoms with Crippen LogP contribution in [0.1, 0.15) is 46.5 Å². The Morgan fingerprint density at radius 3 is 2.42 bits per heavy atom. The fourth-order valence-corrected chi connectivity index (χ4v) is 6.15. The van der Waals surface area contributed by atoms with Crippen LogP contribution in [0, 0.1) is 22.7 Å². The van der Waals surface area contributed by atoms with E-state index in [2.05, 4.69) is 29.8 Å². The second-order valence-corrected chi connectivity index (χ2v) is 8.69. The van der Waals surface area contributed by atoms with E-state index >= 15 is 0 Å². The quantitative estimate of drug-likeness (QED) is 0.595. The molecular weight excluding hydrogens is 308 g/mol. The third kappa shape index (κ3) is 1.44. The van der Waals surface area contributed by atoms with Crippen molar-refractivity contribution in [1.29, 1.82) is 0 Å². The maximum absolute atomic E-state index is 11.3. The molecule has 3 N–H and O–H groups in total. The number of aliphatic hydroxyl groups is 3. The highest BCUT2D eigenvalue weighted by Crippen LogP contribution is 2.70. The number of halogens is 1. The Kier molecular flexibility index (Phi) is 2.98. The number of rotatable bonds is 0. The first kappa shape index (κ1) is 14.3. The summed E-state index contributed by atoms with van der Waals surface area (Å²) in [6, 6.07) is 0. The highest BCUT2D eigenvalue weighted by molar-refractivity contribution is 9.09. The van der Waals surface area contributed by atoms with Gasteiger partial charge >= 0.3 is 0 Å². The number of fused-ring (bicyclic) bond motifs is 1. The molecule has 0 aliphatic heterocycles. The molecular formula is C15H25BrO3. The maximum Gasteiger partial charge on any atom is 0.0994 e. The fourth-order valence-electron chi connectivity index (χ4n) is 5.53. The molecule has 3 aliphatic rings. The lowest BCUT2D eigenvalue weighted by atomic mass is 9.45. The molecule has 3 rings (SSSR count). The Balaban J connectivity index is 2.15. The highest BCUT2D eigenvalue weighted by atomic mass is 79.9. The summed E-state index contributed by atoms with van der Waals surface area (Å²) >= 11 is 3.65. The van der Waals surface area contributed by atoms with Crippen molar-refractivity contribution in [1.82, 2.24) is 0 Å². The zero-order chi connectivity index (χ0) is 14.2. The lowest BCUT2D eigenvalue weighted by Crippen LogP contribution is -2.72. The normalized spacial score (nSPS) is 59.8. The first-order chi connectivity index (χ1) is 8.67. The molecule has 2 bridgehead atoms. The van der Waals surface area contributed by atoms with Gasteiger partial charge in [-0.1, -0.05) is 36.7 Å². The van der Waals surface area contributed by atoms with Crippen molar-refractivity contribution in [3.63, 3.8) is 0 Å². The van der Waals surface area contributed by atoms with Gasteiger partial charge in [-0.25, -0.2) is 0 Å². The molecule has 4 heteroatoms. The Bertz CT molecular complexity index is 399. The summed E-state index contributed by atoms with van der Waals surface area (Å²) in [6.07, 6.45) is 1.97. The summed E-state index contributed by atoms with van der Waals surface area (Å²) in [4.78, 5) is -0.0281. The number of alkyl halides is 1. The summed E-state index contributed by atoms with van der Waals surface area (Å²) in [5, 5.41) is 32.3. The molecule has 7 atom stereocenters. The summed E-state index contributed by atoms with van der Waals surface area (Å²) < 4.78 is 0. The average Bonchev–Trinajstić information content (AvgIpc) is 2.77. The molecule has 110 valence electrons. The van der Waals surface area contributed by atoms with Gasteiger partial charge in [-0.2, -0.15) is 0 Å². The Hall–Kier alpha value is 0.360. The van der Waals surface area contributed by atoms with Crippen molar-refractivity contribution in [3.8, 4) is 0 Å². The van der Waals surface area contributed by atoms with E-state index in [0.717, 1.165) is 19.3 Å². The van der Waals surface area contributed by atoms with Crippen LogP contribution in [0.4, 0.5) is 0 Å². The first-order valence-corrected chi connectivity index (χ1v) is 8.31. The van der Waals surface area contributed by atoms with Crippen LogP contribution >= 0.6 is 15.9 Å². The van der Waals surface area contributed by atoms with E-state index in [1.807, 2.05) is 6.92 Å². The van der Waals surface area contributed by atoms with Gasteiger partial charge in [0.1, 0.15) is 0 Å². The molecule has 0 aromatic rings. The Labute approximate surface area is 123 Å². The van der Waals surface area contributed by atoms with Gasteiger partial charge in [0.25, 0.3) is 0 Å². The van der Waals surface area contributed by atoms with E-state index in [4.69, 9.17) is 0 Å². The second kappa shape index (κ2) is 3.96. The summed E-state index contributed by atoms with van der Waals surface area (Å²) in [7, 11) is 0. The molecule has 3 nitrogen and oxygen atoms in total. The zero-order valence-corrected chi connectivity index (χ0v) is 13.5. The minimum absolute atomic E-state index is 0.0281. The van der Waals surface area contributed by atoms with E-state index in [-0.39, 0.29) is 28.0 Å². The molecule has 0 unspecified atom stereocenters. The molecule has 1 spiro atoms. The first-order valence-electron chi connectivity index (χ1n) is 7.40. The summed E-state index contributed by atoms with van der Waals surface area (Å²) in [5.74, 6) is 0.625. The largest absolute Gasteiger partial charge is 0.392 e. The predicted octanol–water partition coefficient (Wildman–Crippen LogP) is 2.07. The van der Waals surface area contributed by atoms with Gasteiger partial charge in [0.15, 0.2) is 0 Å². The molecule has 19 heavy (non-hydrogen) atoms. The van der Waals surface area contributed by atoms with E-state index in [1.165, 1.54) is 0 Å². The molecule has 3 aliphatic carbocycles. The van der Waals surface area contributed by atoms with Crippen LogP contribution in [0.2, 0.25) is 0 Å². The van der Waals surface area contributed by atoms with E-state index in [9.17, 15) is 15.3 Å². The molecule has 0 radical (unpaired) electrons. The molecule has 0 heterocycles. The smallest absolute Gasteiger partial charge is 0.0994 e. The molecule has 0 amide bonds. The number of aliphatic hydroxyl groups excluding tert-OH is 2.